The SMILES string of the molecule is C=C[C@@]12CC[C@H](/C([CH2-])=N/[O-])[C@@]1(C)CC[C@@]1(C)[C@H]2CC[C@]2(C)C[C@@](O)(COC)CC[C@@]21C.[Rh]. The van der Waals surface area contributed by atoms with Crippen molar-refractivity contribution in [3.8, 4) is 0 Å². The van der Waals surface area contributed by atoms with Gasteiger partial charge in [0.2, 0.25) is 0 Å². The Morgan fingerprint density at radius 1 is 1.09 bits per heavy atom. The molecule has 1 radical (unpaired) electrons. The molecule has 4 aliphatic rings. The summed E-state index contributed by atoms with van der Waals surface area (Å²) in [6.45, 7) is 18.8. The van der Waals surface area contributed by atoms with Crippen molar-refractivity contribution >= 4 is 5.71 Å². The van der Waals surface area contributed by atoms with Crippen molar-refractivity contribution in [3.05, 3.63) is 24.8 Å². The van der Waals surface area contributed by atoms with Crippen LogP contribution in [0.25, 0.3) is 0 Å². The Balaban J connectivity index is 0.00000289. The van der Waals surface area contributed by atoms with E-state index in [2.05, 4.69) is 52.4 Å². The predicted octanol–water partition coefficient (Wildman–Crippen LogP) is 6.13. The van der Waals surface area contributed by atoms with Gasteiger partial charge in [0.15, 0.2) is 0 Å². The van der Waals surface area contributed by atoms with Crippen LogP contribution in [-0.4, -0.2) is 30.1 Å². The van der Waals surface area contributed by atoms with Crippen LogP contribution in [0.15, 0.2) is 17.8 Å². The van der Waals surface area contributed by atoms with Crippen molar-refractivity contribution in [3.63, 3.8) is 0 Å². The third-order valence-electron chi connectivity index (χ3n) is 11.9. The molecule has 4 fully saturated rings. The van der Waals surface area contributed by atoms with Gasteiger partial charge >= 0.3 is 0 Å². The molecule has 0 bridgehead atoms. The van der Waals surface area contributed by atoms with Gasteiger partial charge in [-0.15, -0.1) is 12.3 Å². The van der Waals surface area contributed by atoms with E-state index in [4.69, 9.17) is 4.74 Å². The van der Waals surface area contributed by atoms with Crippen LogP contribution >= 0.6 is 0 Å². The second kappa shape index (κ2) is 8.09. The van der Waals surface area contributed by atoms with Crippen LogP contribution in [0.2, 0.25) is 0 Å². The van der Waals surface area contributed by atoms with Crippen LogP contribution in [0.1, 0.15) is 85.5 Å². The molecule has 4 nitrogen and oxygen atoms in total. The van der Waals surface area contributed by atoms with Crippen molar-refractivity contribution in [2.75, 3.05) is 13.7 Å². The van der Waals surface area contributed by atoms with E-state index < -0.39 is 5.60 Å². The number of hydrogen-bond acceptors (Lipinski definition) is 4. The fraction of sp³-hybridized carbons (Fsp3) is 0.852. The molecule has 0 unspecified atom stereocenters. The van der Waals surface area contributed by atoms with Gasteiger partial charge in [-0.05, 0) is 96.7 Å². The summed E-state index contributed by atoms with van der Waals surface area (Å²) < 4.78 is 5.42. The molecule has 0 aromatic rings. The quantitative estimate of drug-likeness (QED) is 0.156. The molecule has 0 spiro atoms. The summed E-state index contributed by atoms with van der Waals surface area (Å²) in [5, 5.41) is 26.0. The van der Waals surface area contributed by atoms with Crippen LogP contribution < -0.4 is 0 Å². The maximum Gasteiger partial charge on any atom is 0.0885 e. The zero-order chi connectivity index (χ0) is 22.9. The molecular formula is C27H43NO3Rh-2. The Labute approximate surface area is 208 Å². The molecule has 1 N–H and O–H groups in total. The first-order valence-electron chi connectivity index (χ1n) is 12.3. The first kappa shape index (κ1) is 26.2. The van der Waals surface area contributed by atoms with Crippen LogP contribution in [0, 0.1) is 51.0 Å². The standard InChI is InChI=1S/C27H44NO3.Rh/c1-8-27-12-9-20(19(2)28-30)23(27,4)13-14-24(5)21(27)10-11-22(3)17-26(29,18-31-7)16-15-25(22,24)6;/h8,20-21,29-30H,1-2,9-18H2,3-7H3;/q-1;/p-1/b28-19+;/t20-,21-,22-,23-,24+,25+,26-,27+;/m1./s1. The number of ether oxygens (including phenoxy) is 1. The minimum atomic E-state index is -0.711. The van der Waals surface area contributed by atoms with E-state index in [0.717, 1.165) is 57.8 Å². The molecule has 32 heavy (non-hydrogen) atoms. The van der Waals surface area contributed by atoms with Crippen molar-refractivity contribution in [1.29, 1.82) is 0 Å². The molecule has 0 amide bonds. The maximum absolute atomic E-state index is 11.4. The fourth-order valence-corrected chi connectivity index (χ4v) is 9.85. The number of rotatable bonds is 4. The van der Waals surface area contributed by atoms with Gasteiger partial charge in [0.05, 0.1) is 12.2 Å². The smallest absolute Gasteiger partial charge is 0.0885 e. The van der Waals surface area contributed by atoms with Gasteiger partial charge in [-0.1, -0.05) is 33.8 Å². The van der Waals surface area contributed by atoms with E-state index in [1.165, 1.54) is 0 Å². The van der Waals surface area contributed by atoms with E-state index >= 15 is 0 Å². The third kappa shape index (κ3) is 3.02. The van der Waals surface area contributed by atoms with Gasteiger partial charge in [-0.2, -0.15) is 0 Å². The maximum atomic E-state index is 11.4. The van der Waals surface area contributed by atoms with Crippen molar-refractivity contribution in [2.45, 2.75) is 91.1 Å². The van der Waals surface area contributed by atoms with E-state index in [1.807, 2.05) is 0 Å². The Morgan fingerprint density at radius 2 is 1.75 bits per heavy atom. The number of methoxy groups -OCH3 is 1. The van der Waals surface area contributed by atoms with E-state index in [0.29, 0.717) is 18.2 Å². The van der Waals surface area contributed by atoms with Crippen LogP contribution in [0.5, 0.6) is 0 Å². The van der Waals surface area contributed by atoms with Crippen molar-refractivity contribution < 1.29 is 29.3 Å². The summed E-state index contributed by atoms with van der Waals surface area (Å²) in [7, 11) is 1.70. The molecule has 8 atom stereocenters. The van der Waals surface area contributed by atoms with E-state index in [9.17, 15) is 10.3 Å². The summed E-state index contributed by atoms with van der Waals surface area (Å²) in [5.74, 6) is 0.694. The second-order valence-corrected chi connectivity index (χ2v) is 12.6. The molecule has 0 saturated heterocycles. The van der Waals surface area contributed by atoms with Gasteiger partial charge in [-0.3, -0.25) is 0 Å². The summed E-state index contributed by atoms with van der Waals surface area (Å²) in [6, 6.07) is 0. The molecule has 0 heterocycles. The Morgan fingerprint density at radius 3 is 2.34 bits per heavy atom. The zero-order valence-corrected chi connectivity index (χ0v) is 22.4. The molecule has 185 valence electrons. The topological polar surface area (TPSA) is 64.9 Å². The second-order valence-electron chi connectivity index (χ2n) is 12.6. The molecular weight excluding hydrogens is 489 g/mol. The number of hydrogen-bond donors (Lipinski definition) is 1. The van der Waals surface area contributed by atoms with E-state index in [-0.39, 0.29) is 52.5 Å². The first-order chi connectivity index (χ1) is 14.4. The van der Waals surface area contributed by atoms with Gasteiger partial charge in [0.25, 0.3) is 0 Å². The average Bonchev–Trinajstić information content (AvgIpc) is 3.03. The fourth-order valence-electron chi connectivity index (χ4n) is 9.85. The molecule has 4 rings (SSSR count). The summed E-state index contributed by atoms with van der Waals surface area (Å²) in [5.41, 5.74) is 0.250. The van der Waals surface area contributed by atoms with Crippen LogP contribution in [0.4, 0.5) is 0 Å². The Hall–Kier alpha value is -0.377. The summed E-state index contributed by atoms with van der Waals surface area (Å²) >= 11 is 0. The molecule has 0 aromatic heterocycles. The molecule has 5 heteroatoms. The van der Waals surface area contributed by atoms with Crippen molar-refractivity contribution in [1.82, 2.24) is 0 Å². The third-order valence-corrected chi connectivity index (χ3v) is 11.9. The van der Waals surface area contributed by atoms with Crippen LogP contribution in [0.3, 0.4) is 0 Å². The Kier molecular flexibility index (Phi) is 6.63. The van der Waals surface area contributed by atoms with E-state index in [1.54, 1.807) is 7.11 Å². The Bertz CT molecular complexity index is 787. The van der Waals surface area contributed by atoms with Gasteiger partial charge < -0.3 is 27.1 Å². The average molecular weight is 533 g/mol. The number of allylic oxidation sites excluding steroid dienone is 1. The number of aliphatic hydroxyl groups is 1. The summed E-state index contributed by atoms with van der Waals surface area (Å²) in [6.07, 6.45) is 11.5. The largest absolute Gasteiger partial charge is 0.794 e. The summed E-state index contributed by atoms with van der Waals surface area (Å²) in [4.78, 5) is 0. The number of fused-ring (bicyclic) bond motifs is 5. The minimum Gasteiger partial charge on any atom is -0.794 e. The zero-order valence-electron chi connectivity index (χ0n) is 20.8. The normalized spacial score (nSPS) is 52.9. The van der Waals surface area contributed by atoms with Crippen LogP contribution in [-0.2, 0) is 24.2 Å². The molecule has 0 aliphatic heterocycles. The van der Waals surface area contributed by atoms with Gasteiger partial charge in [-0.25, -0.2) is 0 Å². The molecule has 0 aromatic carbocycles. The van der Waals surface area contributed by atoms with Crippen molar-refractivity contribution in [2.24, 2.45) is 44.1 Å². The minimum absolute atomic E-state index is 0. The predicted molar refractivity (Wildman–Crippen MR) is 127 cm³/mol. The monoisotopic (exact) mass is 532 g/mol. The van der Waals surface area contributed by atoms with Gasteiger partial charge in [0.1, 0.15) is 0 Å². The number of nitrogens with zero attached hydrogens (tertiary/aromatic N) is 1. The van der Waals surface area contributed by atoms with Gasteiger partial charge in [0, 0.05) is 26.6 Å². The molecule has 4 aliphatic carbocycles. The molecule has 4 saturated carbocycles. The first-order valence-corrected chi connectivity index (χ1v) is 12.3.